The SMILES string of the molecule is C[C@@H](O)c1ccc(OCc2ccc([N+](=O)[O-])cc2)c(Cl)c1. The Hall–Kier alpha value is -2.11. The van der Waals surface area contributed by atoms with Gasteiger partial charge in [0.05, 0.1) is 16.0 Å². The van der Waals surface area contributed by atoms with E-state index in [2.05, 4.69) is 0 Å². The molecule has 5 nitrogen and oxygen atoms in total. The molecule has 1 atom stereocenters. The molecule has 1 N–H and O–H groups in total. The number of non-ortho nitro benzene ring substituents is 1. The number of halogens is 1. The van der Waals surface area contributed by atoms with Crippen molar-refractivity contribution in [3.63, 3.8) is 0 Å². The Morgan fingerprint density at radius 1 is 1.29 bits per heavy atom. The molecule has 0 radical (unpaired) electrons. The molecule has 0 unspecified atom stereocenters. The van der Waals surface area contributed by atoms with Gasteiger partial charge in [0.2, 0.25) is 0 Å². The Bertz CT molecular complexity index is 641. The summed E-state index contributed by atoms with van der Waals surface area (Å²) in [4.78, 5) is 10.1. The maximum atomic E-state index is 10.6. The minimum atomic E-state index is -0.591. The molecule has 2 rings (SSSR count). The van der Waals surface area contributed by atoms with Gasteiger partial charge in [-0.25, -0.2) is 0 Å². The minimum Gasteiger partial charge on any atom is -0.487 e. The molecule has 0 aromatic heterocycles. The molecule has 0 bridgehead atoms. The van der Waals surface area contributed by atoms with Gasteiger partial charge in [-0.2, -0.15) is 0 Å². The fraction of sp³-hybridized carbons (Fsp3) is 0.200. The number of hydrogen-bond acceptors (Lipinski definition) is 4. The summed E-state index contributed by atoms with van der Waals surface area (Å²) in [5.41, 5.74) is 1.55. The van der Waals surface area contributed by atoms with Crippen molar-refractivity contribution < 1.29 is 14.8 Å². The molecule has 0 heterocycles. The highest BCUT2D eigenvalue weighted by Gasteiger charge is 2.08. The van der Waals surface area contributed by atoms with Crippen molar-refractivity contribution in [1.29, 1.82) is 0 Å². The van der Waals surface area contributed by atoms with Crippen molar-refractivity contribution in [1.82, 2.24) is 0 Å². The van der Waals surface area contributed by atoms with Gasteiger partial charge in [0.25, 0.3) is 5.69 Å². The fourth-order valence-electron chi connectivity index (χ4n) is 1.77. The lowest BCUT2D eigenvalue weighted by Gasteiger charge is -2.11. The summed E-state index contributed by atoms with van der Waals surface area (Å²) in [5, 5.41) is 20.4. The molecule has 0 saturated heterocycles. The third-order valence-corrected chi connectivity index (χ3v) is 3.28. The summed E-state index contributed by atoms with van der Waals surface area (Å²) >= 11 is 6.08. The highest BCUT2D eigenvalue weighted by molar-refractivity contribution is 6.32. The molecule has 0 fully saturated rings. The standard InChI is InChI=1S/C15H14ClNO4/c1-10(18)12-4-7-15(14(16)8-12)21-9-11-2-5-13(6-3-11)17(19)20/h2-8,10,18H,9H2,1H3/t10-/m1/s1. The summed E-state index contributed by atoms with van der Waals surface area (Å²) < 4.78 is 5.57. The smallest absolute Gasteiger partial charge is 0.269 e. The molecule has 0 aliphatic rings. The maximum absolute atomic E-state index is 10.6. The molecular formula is C15H14ClNO4. The Balaban J connectivity index is 2.04. The van der Waals surface area contributed by atoms with Gasteiger partial charge in [-0.1, -0.05) is 17.7 Å². The summed E-state index contributed by atoms with van der Waals surface area (Å²) in [6.45, 7) is 1.91. The van der Waals surface area contributed by atoms with Crippen LogP contribution in [-0.2, 0) is 6.61 Å². The van der Waals surface area contributed by atoms with Crippen LogP contribution in [-0.4, -0.2) is 10.0 Å². The van der Waals surface area contributed by atoms with Crippen molar-refractivity contribution in [2.45, 2.75) is 19.6 Å². The summed E-state index contributed by atoms with van der Waals surface area (Å²) in [7, 11) is 0. The lowest BCUT2D eigenvalue weighted by molar-refractivity contribution is -0.384. The summed E-state index contributed by atoms with van der Waals surface area (Å²) in [6, 6.07) is 11.2. The van der Waals surface area contributed by atoms with Crippen LogP contribution in [0.25, 0.3) is 0 Å². The van der Waals surface area contributed by atoms with Crippen molar-refractivity contribution >= 4 is 17.3 Å². The number of aliphatic hydroxyl groups excluding tert-OH is 1. The number of nitrogens with zero attached hydrogens (tertiary/aromatic N) is 1. The number of ether oxygens (including phenoxy) is 1. The van der Waals surface area contributed by atoms with E-state index in [9.17, 15) is 15.2 Å². The van der Waals surface area contributed by atoms with Gasteiger partial charge in [0.15, 0.2) is 0 Å². The zero-order chi connectivity index (χ0) is 15.4. The predicted octanol–water partition coefficient (Wildman–Crippen LogP) is 3.88. The van der Waals surface area contributed by atoms with Crippen molar-refractivity contribution in [3.8, 4) is 5.75 Å². The topological polar surface area (TPSA) is 72.6 Å². The highest BCUT2D eigenvalue weighted by Crippen LogP contribution is 2.28. The number of hydrogen-bond donors (Lipinski definition) is 1. The van der Waals surface area contributed by atoms with Crippen molar-refractivity contribution in [3.05, 3.63) is 68.7 Å². The second-order valence-electron chi connectivity index (χ2n) is 4.58. The number of rotatable bonds is 5. The zero-order valence-corrected chi connectivity index (χ0v) is 12.1. The first-order valence-corrected chi connectivity index (χ1v) is 6.69. The van der Waals surface area contributed by atoms with Crippen LogP contribution in [0.3, 0.4) is 0 Å². The van der Waals surface area contributed by atoms with Crippen LogP contribution in [0.5, 0.6) is 5.75 Å². The number of benzene rings is 2. The zero-order valence-electron chi connectivity index (χ0n) is 11.3. The molecule has 0 aliphatic carbocycles. The first-order valence-electron chi connectivity index (χ1n) is 6.31. The van der Waals surface area contributed by atoms with Crippen LogP contribution in [0.15, 0.2) is 42.5 Å². The van der Waals surface area contributed by atoms with Gasteiger partial charge in [0, 0.05) is 12.1 Å². The molecule has 0 amide bonds. The van der Waals surface area contributed by atoms with Gasteiger partial charge < -0.3 is 9.84 Å². The van der Waals surface area contributed by atoms with E-state index in [1.807, 2.05) is 0 Å². The normalized spacial score (nSPS) is 12.0. The Morgan fingerprint density at radius 3 is 2.48 bits per heavy atom. The predicted molar refractivity (Wildman–Crippen MR) is 79.5 cm³/mol. The monoisotopic (exact) mass is 307 g/mol. The van der Waals surface area contributed by atoms with Gasteiger partial charge in [-0.3, -0.25) is 10.1 Å². The highest BCUT2D eigenvalue weighted by atomic mass is 35.5. The molecule has 110 valence electrons. The first kappa shape index (κ1) is 15.3. The molecule has 2 aromatic rings. The fourth-order valence-corrected chi connectivity index (χ4v) is 2.01. The van der Waals surface area contributed by atoms with E-state index in [1.165, 1.54) is 12.1 Å². The third-order valence-electron chi connectivity index (χ3n) is 2.98. The van der Waals surface area contributed by atoms with Gasteiger partial charge in [-0.05, 0) is 42.3 Å². The quantitative estimate of drug-likeness (QED) is 0.672. The van der Waals surface area contributed by atoms with Crippen molar-refractivity contribution in [2.24, 2.45) is 0 Å². The summed E-state index contributed by atoms with van der Waals surface area (Å²) in [5.74, 6) is 0.499. The van der Waals surface area contributed by atoms with Crippen LogP contribution < -0.4 is 4.74 Å². The van der Waals surface area contributed by atoms with E-state index in [0.29, 0.717) is 16.3 Å². The van der Waals surface area contributed by atoms with E-state index < -0.39 is 11.0 Å². The van der Waals surface area contributed by atoms with Crippen molar-refractivity contribution in [2.75, 3.05) is 0 Å². The van der Waals surface area contributed by atoms with E-state index >= 15 is 0 Å². The maximum Gasteiger partial charge on any atom is 0.269 e. The van der Waals surface area contributed by atoms with Crippen LogP contribution >= 0.6 is 11.6 Å². The molecular weight excluding hydrogens is 294 g/mol. The number of nitro benzene ring substituents is 1. The lowest BCUT2D eigenvalue weighted by Crippen LogP contribution is -1.98. The largest absolute Gasteiger partial charge is 0.487 e. The molecule has 0 spiro atoms. The van der Waals surface area contributed by atoms with E-state index in [0.717, 1.165) is 5.56 Å². The van der Waals surface area contributed by atoms with Crippen LogP contribution in [0, 0.1) is 10.1 Å². The molecule has 21 heavy (non-hydrogen) atoms. The van der Waals surface area contributed by atoms with Crippen LogP contribution in [0.4, 0.5) is 5.69 Å². The second kappa shape index (κ2) is 6.56. The molecule has 6 heteroatoms. The van der Waals surface area contributed by atoms with Crippen LogP contribution in [0.1, 0.15) is 24.2 Å². The second-order valence-corrected chi connectivity index (χ2v) is 4.99. The first-order chi connectivity index (χ1) is 9.97. The number of nitro groups is 1. The Morgan fingerprint density at radius 2 is 1.95 bits per heavy atom. The average Bonchev–Trinajstić information content (AvgIpc) is 2.46. The van der Waals surface area contributed by atoms with Gasteiger partial charge >= 0.3 is 0 Å². The van der Waals surface area contributed by atoms with Gasteiger partial charge in [0.1, 0.15) is 12.4 Å². The van der Waals surface area contributed by atoms with Crippen LogP contribution in [0.2, 0.25) is 5.02 Å². The Labute approximate surface area is 126 Å². The van der Waals surface area contributed by atoms with E-state index in [-0.39, 0.29) is 12.3 Å². The average molecular weight is 308 g/mol. The number of aliphatic hydroxyl groups is 1. The lowest BCUT2D eigenvalue weighted by atomic mass is 10.1. The molecule has 2 aromatic carbocycles. The van der Waals surface area contributed by atoms with E-state index in [4.69, 9.17) is 16.3 Å². The van der Waals surface area contributed by atoms with E-state index in [1.54, 1.807) is 37.3 Å². The third kappa shape index (κ3) is 3.93. The molecule has 0 aliphatic heterocycles. The minimum absolute atomic E-state index is 0.0399. The summed E-state index contributed by atoms with van der Waals surface area (Å²) in [6.07, 6.45) is -0.591. The Kier molecular flexibility index (Phi) is 4.77. The van der Waals surface area contributed by atoms with Gasteiger partial charge in [-0.15, -0.1) is 0 Å². The molecule has 0 saturated carbocycles.